The molecule has 0 atom stereocenters. The summed E-state index contributed by atoms with van der Waals surface area (Å²) in [7, 11) is 0. The van der Waals surface area contributed by atoms with Crippen molar-refractivity contribution >= 4 is 29.2 Å². The normalized spacial score (nSPS) is 4.17. The zero-order chi connectivity index (χ0) is 3.58. The topological polar surface area (TPSA) is 26.0 Å². The van der Waals surface area contributed by atoms with E-state index in [1.165, 1.54) is 0 Å². The number of hydrogen-bond donors (Lipinski definition) is 2. The Kier molecular flexibility index (Phi) is 25.1. The van der Waals surface area contributed by atoms with Gasteiger partial charge in [-0.2, -0.15) is 0 Å². The Morgan fingerprint density at radius 2 is 1.67 bits per heavy atom. The maximum Gasteiger partial charge on any atom is 0.128 e. The Bertz CT molecular complexity index is 36.5. The van der Waals surface area contributed by atoms with Gasteiger partial charge < -0.3 is 5.73 Å². The molecule has 0 rings (SSSR count). The van der Waals surface area contributed by atoms with Gasteiger partial charge in [0.1, 0.15) is 4.32 Å². The minimum atomic E-state index is 0. The van der Waals surface area contributed by atoms with Crippen molar-refractivity contribution in [2.75, 3.05) is 0 Å². The SMILES string of the molecule is NC(=S)S.[Mn].[Zn]. The molecule has 1 radical (unpaired) electrons. The second-order valence-electron chi connectivity index (χ2n) is 0.338. The fourth-order valence-corrected chi connectivity index (χ4v) is 0. The van der Waals surface area contributed by atoms with Crippen LogP contribution in [0.15, 0.2) is 0 Å². The average molecular weight is 214 g/mol. The number of hydrogen-bond acceptors (Lipinski definition) is 1. The summed E-state index contributed by atoms with van der Waals surface area (Å²) in [6.45, 7) is 0. The first-order chi connectivity index (χ1) is 1.73. The van der Waals surface area contributed by atoms with Crippen molar-refractivity contribution in [2.45, 2.75) is 0 Å². The Hall–Kier alpha value is 1.38. The number of nitrogens with two attached hydrogens (primary N) is 1. The van der Waals surface area contributed by atoms with Crippen molar-refractivity contribution in [3.05, 3.63) is 0 Å². The fourth-order valence-electron chi connectivity index (χ4n) is 0. The molecule has 0 bridgehead atoms. The summed E-state index contributed by atoms with van der Waals surface area (Å²) in [6.07, 6.45) is 0. The molecule has 0 unspecified atom stereocenters. The monoisotopic (exact) mass is 212 g/mol. The van der Waals surface area contributed by atoms with Gasteiger partial charge in [-0.15, -0.1) is 12.6 Å². The Morgan fingerprint density at radius 1 is 1.67 bits per heavy atom. The molecule has 33 valence electrons. The predicted octanol–water partition coefficient (Wildman–Crippen LogP) is 0.155. The second kappa shape index (κ2) is 9.63. The minimum Gasteiger partial charge on any atom is -0.385 e. The molecule has 6 heavy (non-hydrogen) atoms. The summed E-state index contributed by atoms with van der Waals surface area (Å²) in [5, 5.41) is 0. The van der Waals surface area contributed by atoms with Gasteiger partial charge in [0, 0.05) is 36.5 Å². The van der Waals surface area contributed by atoms with Gasteiger partial charge >= 0.3 is 0 Å². The van der Waals surface area contributed by atoms with E-state index in [0.29, 0.717) is 0 Å². The molecule has 0 aliphatic carbocycles. The summed E-state index contributed by atoms with van der Waals surface area (Å²) in [5.74, 6) is 0. The molecule has 5 heteroatoms. The van der Waals surface area contributed by atoms with Gasteiger partial charge in [0.05, 0.1) is 0 Å². The van der Waals surface area contributed by atoms with E-state index in [2.05, 4.69) is 24.8 Å². The molecule has 0 aliphatic rings. The summed E-state index contributed by atoms with van der Waals surface area (Å²) >= 11 is 7.65. The largest absolute Gasteiger partial charge is 0.385 e. The summed E-state index contributed by atoms with van der Waals surface area (Å²) < 4.78 is 0.194. The van der Waals surface area contributed by atoms with Gasteiger partial charge in [0.2, 0.25) is 0 Å². The van der Waals surface area contributed by atoms with E-state index in [0.717, 1.165) is 0 Å². The minimum absolute atomic E-state index is 0. The molecule has 0 saturated carbocycles. The summed E-state index contributed by atoms with van der Waals surface area (Å²) in [4.78, 5) is 0. The van der Waals surface area contributed by atoms with E-state index in [1.54, 1.807) is 0 Å². The van der Waals surface area contributed by atoms with Crippen molar-refractivity contribution in [3.63, 3.8) is 0 Å². The standard InChI is InChI=1S/CH3NS2.Mn.Zn/c2-1(3)4;;/h(H3,2,3,4);;. The van der Waals surface area contributed by atoms with E-state index >= 15 is 0 Å². The first-order valence-electron chi connectivity index (χ1n) is 0.716. The molecule has 0 aromatic rings. The first-order valence-corrected chi connectivity index (χ1v) is 1.57. The molecule has 2 N–H and O–H groups in total. The van der Waals surface area contributed by atoms with Crippen LogP contribution < -0.4 is 5.73 Å². The third-order valence-electron chi connectivity index (χ3n) is 0. The van der Waals surface area contributed by atoms with Crippen LogP contribution in [0.3, 0.4) is 0 Å². The van der Waals surface area contributed by atoms with Gasteiger partial charge in [-0.1, -0.05) is 12.2 Å². The van der Waals surface area contributed by atoms with Crippen LogP contribution >= 0.6 is 24.8 Å². The van der Waals surface area contributed by atoms with Gasteiger partial charge in [-0.3, -0.25) is 0 Å². The van der Waals surface area contributed by atoms with Crippen molar-refractivity contribution in [1.29, 1.82) is 0 Å². The third-order valence-corrected chi connectivity index (χ3v) is 0. The van der Waals surface area contributed by atoms with Crippen molar-refractivity contribution in [1.82, 2.24) is 0 Å². The van der Waals surface area contributed by atoms with E-state index in [-0.39, 0.29) is 40.9 Å². The quantitative estimate of drug-likeness (QED) is 0.340. The Balaban J connectivity index is -0.0000000450. The molecule has 0 spiro atoms. The molecular formula is CH3MnNS2Zn. The maximum atomic E-state index is 4.71. The summed E-state index contributed by atoms with van der Waals surface area (Å²) in [6, 6.07) is 0. The molecule has 0 heterocycles. The summed E-state index contributed by atoms with van der Waals surface area (Å²) in [5.41, 5.74) is 4.71. The molecule has 0 amide bonds. The van der Waals surface area contributed by atoms with Gasteiger partial charge in [-0.25, -0.2) is 0 Å². The first kappa shape index (κ1) is 15.7. The van der Waals surface area contributed by atoms with Crippen molar-refractivity contribution in [2.24, 2.45) is 5.73 Å². The van der Waals surface area contributed by atoms with E-state index in [1.807, 2.05) is 0 Å². The molecule has 0 saturated heterocycles. The van der Waals surface area contributed by atoms with Crippen molar-refractivity contribution < 1.29 is 36.5 Å². The van der Waals surface area contributed by atoms with E-state index in [9.17, 15) is 0 Å². The predicted molar refractivity (Wildman–Crippen MR) is 25.8 cm³/mol. The van der Waals surface area contributed by atoms with Crippen molar-refractivity contribution in [3.8, 4) is 0 Å². The van der Waals surface area contributed by atoms with E-state index < -0.39 is 0 Å². The number of rotatable bonds is 0. The molecule has 0 aliphatic heterocycles. The molecule has 0 fully saturated rings. The third kappa shape index (κ3) is 54.1. The molecular weight excluding hydrogens is 210 g/mol. The molecule has 1 nitrogen and oxygen atoms in total. The average Bonchev–Trinajstić information content (AvgIpc) is 0.811. The maximum absolute atomic E-state index is 4.71. The van der Waals surface area contributed by atoms with Crippen LogP contribution in [-0.2, 0) is 36.5 Å². The Morgan fingerprint density at radius 3 is 1.67 bits per heavy atom. The van der Waals surface area contributed by atoms with Crippen LogP contribution in [0.2, 0.25) is 0 Å². The van der Waals surface area contributed by atoms with Gasteiger partial charge in [0.25, 0.3) is 0 Å². The molecule has 0 aromatic carbocycles. The van der Waals surface area contributed by atoms with Crippen LogP contribution in [0.5, 0.6) is 0 Å². The smallest absolute Gasteiger partial charge is 0.128 e. The van der Waals surface area contributed by atoms with Gasteiger partial charge in [0.15, 0.2) is 0 Å². The van der Waals surface area contributed by atoms with Crippen LogP contribution in [-0.4, -0.2) is 4.32 Å². The van der Waals surface area contributed by atoms with Gasteiger partial charge in [-0.05, 0) is 0 Å². The van der Waals surface area contributed by atoms with Crippen LogP contribution in [0.1, 0.15) is 0 Å². The Labute approximate surface area is 71.1 Å². The van der Waals surface area contributed by atoms with Crippen LogP contribution in [0.25, 0.3) is 0 Å². The molecule has 0 aromatic heterocycles. The zero-order valence-electron chi connectivity index (χ0n) is 3.02. The number of thiocarbonyl (C=S) groups is 1. The fraction of sp³-hybridized carbons (Fsp3) is 0. The van der Waals surface area contributed by atoms with Crippen LogP contribution in [0, 0.1) is 0 Å². The van der Waals surface area contributed by atoms with E-state index in [4.69, 9.17) is 5.73 Å². The zero-order valence-corrected chi connectivity index (χ0v) is 8.88. The second-order valence-corrected chi connectivity index (χ2v) is 1.56. The van der Waals surface area contributed by atoms with Crippen LogP contribution in [0.4, 0.5) is 0 Å². The number of thiol groups is 1.